The fourth-order valence-electron chi connectivity index (χ4n) is 3.93. The van der Waals surface area contributed by atoms with E-state index in [1.807, 2.05) is 18.2 Å². The molecular weight excluding hydrogens is 442 g/mol. The van der Waals surface area contributed by atoms with E-state index in [1.54, 1.807) is 65.2 Å². The molecule has 5 rings (SSSR count). The summed E-state index contributed by atoms with van der Waals surface area (Å²) in [5, 5.41) is 10.7. The van der Waals surface area contributed by atoms with Crippen LogP contribution >= 0.6 is 11.6 Å². The molecule has 8 heteroatoms. The monoisotopic (exact) mass is 459 g/mol. The number of ether oxygens (including phenoxy) is 1. The predicted octanol–water partition coefficient (Wildman–Crippen LogP) is 4.50. The van der Waals surface area contributed by atoms with Crippen LogP contribution in [-0.2, 0) is 0 Å². The molecule has 5 aromatic rings. The van der Waals surface area contributed by atoms with E-state index in [-0.39, 0.29) is 16.4 Å². The van der Waals surface area contributed by atoms with Gasteiger partial charge < -0.3 is 14.8 Å². The Bertz CT molecular complexity index is 1600. The van der Waals surface area contributed by atoms with Crippen LogP contribution in [-0.4, -0.2) is 26.3 Å². The Kier molecular flexibility index (Phi) is 5.03. The minimum absolute atomic E-state index is 0.0421. The van der Waals surface area contributed by atoms with Crippen molar-refractivity contribution in [3.05, 3.63) is 105 Å². The Balaban J connectivity index is 1.68. The molecule has 0 amide bonds. The third-order valence-corrected chi connectivity index (χ3v) is 5.75. The molecule has 0 aliphatic rings. The number of H-pyrrole nitrogens is 1. The Morgan fingerprint density at radius 1 is 0.879 bits per heavy atom. The number of rotatable bonds is 4. The van der Waals surface area contributed by atoms with Gasteiger partial charge in [0.1, 0.15) is 10.7 Å². The maximum Gasteiger partial charge on any atom is 0.333 e. The van der Waals surface area contributed by atoms with E-state index < -0.39 is 11.2 Å². The van der Waals surface area contributed by atoms with Gasteiger partial charge in [0.25, 0.3) is 5.56 Å². The number of fused-ring (bicyclic) bond motifs is 1. The topological polar surface area (TPSA) is 89.2 Å². The van der Waals surface area contributed by atoms with Gasteiger partial charge in [-0.25, -0.2) is 9.36 Å². The number of phenols is 1. The van der Waals surface area contributed by atoms with Crippen molar-refractivity contribution in [2.24, 2.45) is 0 Å². The lowest BCUT2D eigenvalue weighted by Gasteiger charge is -2.11. The Hall–Kier alpha value is -4.23. The van der Waals surface area contributed by atoms with E-state index in [2.05, 4.69) is 4.98 Å². The van der Waals surface area contributed by atoms with Gasteiger partial charge in [0, 0.05) is 11.3 Å². The lowest BCUT2D eigenvalue weighted by molar-refractivity contribution is 0.374. The molecule has 7 nitrogen and oxygen atoms in total. The van der Waals surface area contributed by atoms with Gasteiger partial charge in [-0.1, -0.05) is 54.1 Å². The molecule has 2 N–H and O–H groups in total. The molecule has 0 saturated heterocycles. The number of hydrogen-bond acceptors (Lipinski definition) is 4. The molecule has 0 spiro atoms. The first-order valence-electron chi connectivity index (χ1n) is 10.1. The van der Waals surface area contributed by atoms with Crippen LogP contribution in [0.3, 0.4) is 0 Å². The second-order valence-electron chi connectivity index (χ2n) is 7.37. The quantitative estimate of drug-likeness (QED) is 0.414. The maximum atomic E-state index is 13.4. The predicted molar refractivity (Wildman–Crippen MR) is 128 cm³/mol. The van der Waals surface area contributed by atoms with E-state index in [9.17, 15) is 14.7 Å². The fourth-order valence-corrected chi connectivity index (χ4v) is 4.22. The van der Waals surface area contributed by atoms with Crippen LogP contribution in [0.4, 0.5) is 0 Å². The molecule has 164 valence electrons. The van der Waals surface area contributed by atoms with E-state index in [0.29, 0.717) is 28.2 Å². The third-order valence-electron chi connectivity index (χ3n) is 5.48. The Labute approximate surface area is 192 Å². The summed E-state index contributed by atoms with van der Waals surface area (Å²) in [6, 6.07) is 22.7. The molecule has 0 radical (unpaired) electrons. The SMILES string of the molecule is COc1cccc(-c2ccc(-n3c(Cl)cc4[nH]c(=O)n(-c5ccccc5)c(=O)c43)cc2)c1O. The Morgan fingerprint density at radius 3 is 2.27 bits per heavy atom. The van der Waals surface area contributed by atoms with Gasteiger partial charge >= 0.3 is 5.69 Å². The van der Waals surface area contributed by atoms with Crippen LogP contribution in [0.15, 0.2) is 88.5 Å². The zero-order valence-corrected chi connectivity index (χ0v) is 18.2. The van der Waals surface area contributed by atoms with Crippen LogP contribution < -0.4 is 16.0 Å². The molecule has 2 heterocycles. The number of benzene rings is 3. The van der Waals surface area contributed by atoms with Crippen molar-refractivity contribution < 1.29 is 9.84 Å². The number of phenolic OH excluding ortho intramolecular Hbond substituents is 1. The second-order valence-corrected chi connectivity index (χ2v) is 7.76. The van der Waals surface area contributed by atoms with Crippen molar-refractivity contribution in [3.63, 3.8) is 0 Å². The van der Waals surface area contributed by atoms with Crippen LogP contribution in [0.2, 0.25) is 5.15 Å². The number of aromatic amines is 1. The minimum Gasteiger partial charge on any atom is -0.504 e. The lowest BCUT2D eigenvalue weighted by atomic mass is 10.0. The first kappa shape index (κ1) is 20.7. The van der Waals surface area contributed by atoms with Crippen molar-refractivity contribution >= 4 is 22.6 Å². The zero-order chi connectivity index (χ0) is 23.1. The minimum atomic E-state index is -0.545. The number of halogens is 1. The fraction of sp³-hybridized carbons (Fsp3) is 0.0400. The highest BCUT2D eigenvalue weighted by molar-refractivity contribution is 6.31. The molecule has 0 aliphatic carbocycles. The van der Waals surface area contributed by atoms with Gasteiger partial charge in [-0.05, 0) is 42.0 Å². The molecule has 0 atom stereocenters. The van der Waals surface area contributed by atoms with E-state index in [1.165, 1.54) is 7.11 Å². The molecule has 0 saturated carbocycles. The van der Waals surface area contributed by atoms with Gasteiger partial charge in [-0.2, -0.15) is 0 Å². The van der Waals surface area contributed by atoms with E-state index in [0.717, 1.165) is 10.1 Å². The number of hydrogen-bond donors (Lipinski definition) is 2. The molecular formula is C25H18ClN3O4. The summed E-state index contributed by atoms with van der Waals surface area (Å²) in [4.78, 5) is 28.7. The number of aromatic hydroxyl groups is 1. The van der Waals surface area contributed by atoms with E-state index >= 15 is 0 Å². The average molecular weight is 460 g/mol. The normalized spacial score (nSPS) is 11.1. The Morgan fingerprint density at radius 2 is 1.58 bits per heavy atom. The molecule has 33 heavy (non-hydrogen) atoms. The summed E-state index contributed by atoms with van der Waals surface area (Å²) < 4.78 is 7.85. The van der Waals surface area contributed by atoms with Crippen LogP contribution in [0.1, 0.15) is 0 Å². The van der Waals surface area contributed by atoms with Crippen LogP contribution in [0.25, 0.3) is 33.5 Å². The largest absolute Gasteiger partial charge is 0.504 e. The standard InChI is InChI=1S/C25H18ClN3O4/c1-33-20-9-5-8-18(23(20)30)15-10-12-17(13-11-15)28-21(26)14-19-22(28)24(31)29(25(32)27-19)16-6-3-2-4-7-16/h2-14,30H,1H3,(H,27,32). The highest BCUT2D eigenvalue weighted by Gasteiger charge is 2.18. The van der Waals surface area contributed by atoms with Gasteiger partial charge in [-0.3, -0.25) is 9.36 Å². The molecule has 2 aromatic heterocycles. The summed E-state index contributed by atoms with van der Waals surface area (Å²) >= 11 is 6.48. The third kappa shape index (κ3) is 3.39. The molecule has 0 unspecified atom stereocenters. The number of methoxy groups -OCH3 is 1. The summed E-state index contributed by atoms with van der Waals surface area (Å²) in [6.45, 7) is 0. The molecule has 0 bridgehead atoms. The first-order chi connectivity index (χ1) is 16.0. The second kappa shape index (κ2) is 8.03. The summed E-state index contributed by atoms with van der Waals surface area (Å²) in [7, 11) is 1.49. The average Bonchev–Trinajstić information content (AvgIpc) is 3.16. The highest BCUT2D eigenvalue weighted by atomic mass is 35.5. The van der Waals surface area contributed by atoms with E-state index in [4.69, 9.17) is 16.3 Å². The number of nitrogens with one attached hydrogen (secondary N) is 1. The van der Waals surface area contributed by atoms with Crippen molar-refractivity contribution in [2.45, 2.75) is 0 Å². The van der Waals surface area contributed by atoms with Crippen molar-refractivity contribution in [3.8, 4) is 34.0 Å². The van der Waals surface area contributed by atoms with Gasteiger partial charge in [0.05, 0.1) is 18.3 Å². The summed E-state index contributed by atoms with van der Waals surface area (Å²) in [5.74, 6) is 0.418. The highest BCUT2D eigenvalue weighted by Crippen LogP contribution is 2.37. The lowest BCUT2D eigenvalue weighted by Crippen LogP contribution is -2.34. The molecule has 0 fully saturated rings. The maximum absolute atomic E-state index is 13.4. The van der Waals surface area contributed by atoms with Crippen LogP contribution in [0.5, 0.6) is 11.5 Å². The zero-order valence-electron chi connectivity index (χ0n) is 17.4. The smallest absolute Gasteiger partial charge is 0.333 e. The number of para-hydroxylation sites is 2. The van der Waals surface area contributed by atoms with Gasteiger partial charge in [0.15, 0.2) is 11.5 Å². The number of aromatic nitrogens is 3. The summed E-state index contributed by atoms with van der Waals surface area (Å²) in [6.07, 6.45) is 0. The van der Waals surface area contributed by atoms with Gasteiger partial charge in [-0.15, -0.1) is 0 Å². The summed E-state index contributed by atoms with van der Waals surface area (Å²) in [5.41, 5.74) is 2.02. The van der Waals surface area contributed by atoms with Crippen molar-refractivity contribution in [2.75, 3.05) is 7.11 Å². The first-order valence-corrected chi connectivity index (χ1v) is 10.5. The molecule has 0 aliphatic heterocycles. The van der Waals surface area contributed by atoms with Crippen LogP contribution in [0, 0.1) is 0 Å². The van der Waals surface area contributed by atoms with Crippen molar-refractivity contribution in [1.82, 2.24) is 14.1 Å². The molecule has 3 aromatic carbocycles. The van der Waals surface area contributed by atoms with Gasteiger partial charge in [0.2, 0.25) is 0 Å². The van der Waals surface area contributed by atoms with Crippen molar-refractivity contribution in [1.29, 1.82) is 0 Å². The number of nitrogens with zero attached hydrogens (tertiary/aromatic N) is 2.